The molecule has 1 aliphatic heterocycles. The van der Waals surface area contributed by atoms with Crippen molar-refractivity contribution in [3.63, 3.8) is 0 Å². The van der Waals surface area contributed by atoms with Gasteiger partial charge in [0.25, 0.3) is 0 Å². The molecular formula is C35H51Cl3N4O2. The zero-order valence-corrected chi connectivity index (χ0v) is 29.0. The topological polar surface area (TPSA) is 61.6 Å². The fourth-order valence-corrected chi connectivity index (χ4v) is 7.60. The summed E-state index contributed by atoms with van der Waals surface area (Å²) >= 11 is 0. The van der Waals surface area contributed by atoms with Crippen LogP contribution in [0, 0.1) is 11.8 Å². The van der Waals surface area contributed by atoms with Crippen LogP contribution in [-0.2, 0) is 17.8 Å². The van der Waals surface area contributed by atoms with E-state index in [-0.39, 0.29) is 49.2 Å². The number of piperidine rings is 1. The van der Waals surface area contributed by atoms with Gasteiger partial charge in [0.05, 0.1) is 5.69 Å². The minimum atomic E-state index is -0.706. The van der Waals surface area contributed by atoms with Crippen LogP contribution in [0.25, 0.3) is 0 Å². The van der Waals surface area contributed by atoms with Gasteiger partial charge in [-0.05, 0) is 87.7 Å². The number of likely N-dealkylation sites (N-methyl/N-ethyl adjacent to an activating group) is 1. The number of hydrogen-bond acceptors (Lipinski definition) is 4. The number of nitrogens with zero attached hydrogens (tertiary/aromatic N) is 4. The number of halogens is 3. The Morgan fingerprint density at radius 1 is 0.977 bits per heavy atom. The number of aliphatic carboxylic acids is 1. The maximum atomic E-state index is 12.1. The number of aromatic nitrogens is 2. The van der Waals surface area contributed by atoms with Crippen molar-refractivity contribution in [3.05, 3.63) is 89.2 Å². The molecule has 1 aromatic heterocycles. The lowest BCUT2D eigenvalue weighted by Crippen LogP contribution is -2.47. The molecule has 2 aliphatic rings. The quantitative estimate of drug-likeness (QED) is 0.229. The van der Waals surface area contributed by atoms with E-state index >= 15 is 0 Å². The highest BCUT2D eigenvalue weighted by Crippen LogP contribution is 2.43. The van der Waals surface area contributed by atoms with Crippen molar-refractivity contribution in [2.45, 2.75) is 83.3 Å². The molecule has 0 amide bonds. The van der Waals surface area contributed by atoms with E-state index in [0.29, 0.717) is 17.8 Å². The Labute approximate surface area is 282 Å². The number of carboxylic acids is 1. The summed E-state index contributed by atoms with van der Waals surface area (Å²) < 4.78 is 2.23. The van der Waals surface area contributed by atoms with Crippen LogP contribution in [0.1, 0.15) is 80.8 Å². The lowest BCUT2D eigenvalue weighted by molar-refractivity contribution is -0.145. The average molecular weight is 666 g/mol. The average Bonchev–Trinajstić information content (AvgIpc) is 3.58. The molecule has 3 aromatic rings. The van der Waals surface area contributed by atoms with Crippen LogP contribution in [0.5, 0.6) is 0 Å². The van der Waals surface area contributed by atoms with Gasteiger partial charge in [-0.25, -0.2) is 0 Å². The minimum absolute atomic E-state index is 0. The van der Waals surface area contributed by atoms with Crippen LogP contribution in [-0.4, -0.2) is 69.4 Å². The molecule has 5 rings (SSSR count). The Morgan fingerprint density at radius 3 is 2.16 bits per heavy atom. The van der Waals surface area contributed by atoms with Gasteiger partial charge in [0.1, 0.15) is 6.04 Å². The summed E-state index contributed by atoms with van der Waals surface area (Å²) in [5, 5.41) is 14.9. The SMILES string of the molecule is CCn1nc(Cc2ccccc2)cc1C1CCN(CC2CC(N(C)[C@@H](C(=O)O)C(C)C)CC2c2ccccc2)CC1.Cl.Cl.Cl. The van der Waals surface area contributed by atoms with Gasteiger partial charge in [0.15, 0.2) is 0 Å². The number of carbonyl (C=O) groups is 1. The van der Waals surface area contributed by atoms with Crippen LogP contribution >= 0.6 is 37.2 Å². The van der Waals surface area contributed by atoms with Crippen molar-refractivity contribution in [2.24, 2.45) is 11.8 Å². The first-order valence-corrected chi connectivity index (χ1v) is 15.7. The number of benzene rings is 2. The van der Waals surface area contributed by atoms with Crippen molar-refractivity contribution < 1.29 is 9.90 Å². The van der Waals surface area contributed by atoms with Crippen LogP contribution in [0.4, 0.5) is 0 Å². The Morgan fingerprint density at radius 2 is 1.59 bits per heavy atom. The van der Waals surface area contributed by atoms with Crippen LogP contribution in [0.2, 0.25) is 0 Å². The van der Waals surface area contributed by atoms with E-state index in [0.717, 1.165) is 58.3 Å². The van der Waals surface area contributed by atoms with Crippen LogP contribution in [0.3, 0.4) is 0 Å². The highest BCUT2D eigenvalue weighted by atomic mass is 35.5. The second-order valence-electron chi connectivity index (χ2n) is 12.7. The lowest BCUT2D eigenvalue weighted by atomic mass is 9.87. The maximum absolute atomic E-state index is 12.1. The summed E-state index contributed by atoms with van der Waals surface area (Å²) in [7, 11) is 2.03. The number of carboxylic acid groups (broad SMARTS) is 1. The third-order valence-electron chi connectivity index (χ3n) is 9.68. The van der Waals surface area contributed by atoms with E-state index in [1.807, 2.05) is 20.9 Å². The summed E-state index contributed by atoms with van der Waals surface area (Å²) in [4.78, 5) is 17.0. The normalized spacial score (nSPS) is 21.4. The Balaban J connectivity index is 0.00000225. The van der Waals surface area contributed by atoms with Gasteiger partial charge in [-0.3, -0.25) is 14.4 Å². The minimum Gasteiger partial charge on any atom is -0.480 e. The fraction of sp³-hybridized carbons (Fsp3) is 0.543. The first kappa shape index (κ1) is 38.1. The number of aryl methyl sites for hydroxylation is 1. The van der Waals surface area contributed by atoms with E-state index in [9.17, 15) is 9.90 Å². The number of rotatable bonds is 11. The predicted octanol–water partition coefficient (Wildman–Crippen LogP) is 7.54. The summed E-state index contributed by atoms with van der Waals surface area (Å²) in [5.74, 6) is 0.919. The van der Waals surface area contributed by atoms with Crippen molar-refractivity contribution in [1.29, 1.82) is 0 Å². The monoisotopic (exact) mass is 664 g/mol. The van der Waals surface area contributed by atoms with E-state index in [2.05, 4.69) is 88.1 Å². The molecule has 3 unspecified atom stereocenters. The molecule has 0 radical (unpaired) electrons. The Kier molecular flexibility index (Phi) is 15.2. The molecule has 0 spiro atoms. The third-order valence-corrected chi connectivity index (χ3v) is 9.68. The summed E-state index contributed by atoms with van der Waals surface area (Å²) in [6, 6.07) is 23.7. The van der Waals surface area contributed by atoms with Crippen molar-refractivity contribution >= 4 is 43.2 Å². The smallest absolute Gasteiger partial charge is 0.321 e. The van der Waals surface area contributed by atoms with Crippen molar-refractivity contribution in [2.75, 3.05) is 26.7 Å². The van der Waals surface area contributed by atoms with E-state index in [1.54, 1.807) is 0 Å². The molecule has 9 heteroatoms. The fourth-order valence-electron chi connectivity index (χ4n) is 7.60. The number of likely N-dealkylation sites (tertiary alicyclic amines) is 1. The standard InChI is InChI=1S/C35H48N4O2.3ClH/c1-5-39-33(22-30(36-39)20-26-12-8-6-9-13-26)28-16-18-38(19-17-28)24-29-21-31(37(4)34(25(2)3)35(40)41)23-32(29)27-14-10-7-11-15-27;;;/h6-15,22,25,28-29,31-32,34H,5,16-21,23-24H2,1-4H3,(H,40,41);3*1H/t29?,31?,32?,34-;;;/m1.../s1. The third kappa shape index (κ3) is 9.01. The molecule has 1 N–H and O–H groups in total. The molecule has 1 saturated carbocycles. The number of hydrogen-bond donors (Lipinski definition) is 1. The maximum Gasteiger partial charge on any atom is 0.321 e. The molecule has 2 fully saturated rings. The molecule has 4 atom stereocenters. The van der Waals surface area contributed by atoms with E-state index < -0.39 is 12.0 Å². The molecule has 244 valence electrons. The Bertz CT molecular complexity index is 1270. The predicted molar refractivity (Wildman–Crippen MR) is 187 cm³/mol. The summed E-state index contributed by atoms with van der Waals surface area (Å²) in [6.07, 6.45) is 5.29. The largest absolute Gasteiger partial charge is 0.480 e. The zero-order chi connectivity index (χ0) is 28.9. The molecule has 44 heavy (non-hydrogen) atoms. The molecular weight excluding hydrogens is 615 g/mol. The van der Waals surface area contributed by atoms with Gasteiger partial charge in [-0.1, -0.05) is 74.5 Å². The molecule has 1 aliphatic carbocycles. The molecule has 6 nitrogen and oxygen atoms in total. The first-order chi connectivity index (χ1) is 19.8. The van der Waals surface area contributed by atoms with Crippen molar-refractivity contribution in [1.82, 2.24) is 19.6 Å². The highest BCUT2D eigenvalue weighted by molar-refractivity contribution is 5.86. The van der Waals surface area contributed by atoms with E-state index in [1.165, 1.54) is 22.5 Å². The Hall–Kier alpha value is -2.09. The molecule has 2 heterocycles. The van der Waals surface area contributed by atoms with Crippen LogP contribution in [0.15, 0.2) is 66.7 Å². The lowest BCUT2D eigenvalue weighted by Gasteiger charge is -2.35. The molecule has 0 bridgehead atoms. The van der Waals surface area contributed by atoms with Gasteiger partial charge in [-0.2, -0.15) is 5.10 Å². The second-order valence-corrected chi connectivity index (χ2v) is 12.7. The van der Waals surface area contributed by atoms with Gasteiger partial charge in [-0.15, -0.1) is 37.2 Å². The summed E-state index contributed by atoms with van der Waals surface area (Å²) in [6.45, 7) is 10.5. The van der Waals surface area contributed by atoms with Gasteiger partial charge in [0.2, 0.25) is 0 Å². The molecule has 1 saturated heterocycles. The zero-order valence-electron chi connectivity index (χ0n) is 26.5. The highest BCUT2D eigenvalue weighted by Gasteiger charge is 2.41. The van der Waals surface area contributed by atoms with Crippen LogP contribution < -0.4 is 0 Å². The van der Waals surface area contributed by atoms with Gasteiger partial charge >= 0.3 is 5.97 Å². The van der Waals surface area contributed by atoms with Gasteiger partial charge in [0, 0.05) is 37.2 Å². The van der Waals surface area contributed by atoms with Crippen molar-refractivity contribution in [3.8, 4) is 0 Å². The first-order valence-electron chi connectivity index (χ1n) is 15.7. The van der Waals surface area contributed by atoms with Gasteiger partial charge < -0.3 is 10.0 Å². The molecule has 2 aromatic carbocycles. The van der Waals surface area contributed by atoms with E-state index in [4.69, 9.17) is 5.10 Å². The summed E-state index contributed by atoms with van der Waals surface area (Å²) in [5.41, 5.74) is 5.28. The second kappa shape index (κ2) is 17.6.